The topological polar surface area (TPSA) is 140 Å². The number of fused-ring (bicyclic) bond motifs is 1. The molecule has 0 aromatic heterocycles. The first-order chi connectivity index (χ1) is 19.6. The molecule has 5 saturated heterocycles. The molecule has 14 heteroatoms. The van der Waals surface area contributed by atoms with Crippen molar-refractivity contribution in [3.05, 3.63) is 35.9 Å². The molecule has 2 unspecified atom stereocenters. The van der Waals surface area contributed by atoms with E-state index in [9.17, 15) is 13.0 Å². The Morgan fingerprint density at radius 2 is 1.45 bits per heavy atom. The molecule has 5 aliphatic heterocycles. The molecule has 6 rings (SSSR count). The minimum absolute atomic E-state index is 0.0203. The van der Waals surface area contributed by atoms with Gasteiger partial charge in [0.25, 0.3) is 0 Å². The average molecular weight is 680 g/mol. The standard InChI is InChI=1S/C28H40O12SSe/c1-26(2)32-12-17(36-26)21-22(40-41(29,30)31)19(34-25(35-21)16-10-8-7-9-11-16)14-42-15-20-23(39-28(5,6)38-20)24(42)18-13-33-27(3,4)37-18/h7-11,17-25H,12-15H2,1-6H3/t17-,18-,19+,20-,21-,22-,23-,24+,25?,42?/m1/s1. The number of hydrogen-bond donors (Lipinski definition) is 0. The average Bonchev–Trinajstić information content (AvgIpc) is 3.59. The van der Waals surface area contributed by atoms with Crippen molar-refractivity contribution in [3.8, 4) is 0 Å². The summed E-state index contributed by atoms with van der Waals surface area (Å²) < 4.78 is 91.1. The summed E-state index contributed by atoms with van der Waals surface area (Å²) in [5, 5.41) is 1.19. The fraction of sp³-hybridized carbons (Fsp3) is 0.786. The predicted octanol–water partition coefficient (Wildman–Crippen LogP) is 3.02. The van der Waals surface area contributed by atoms with Crippen molar-refractivity contribution in [1.82, 2.24) is 0 Å². The van der Waals surface area contributed by atoms with E-state index in [-0.39, 0.29) is 29.7 Å². The van der Waals surface area contributed by atoms with Crippen molar-refractivity contribution in [2.24, 2.45) is 0 Å². The summed E-state index contributed by atoms with van der Waals surface area (Å²) in [6, 6.07) is 9.36. The Morgan fingerprint density at radius 1 is 0.833 bits per heavy atom. The number of benzene rings is 1. The van der Waals surface area contributed by atoms with E-state index in [0.29, 0.717) is 11.9 Å². The van der Waals surface area contributed by atoms with Crippen LogP contribution in [0.15, 0.2) is 30.3 Å². The molecule has 5 heterocycles. The molecule has 1 aromatic rings. The first-order valence-electron chi connectivity index (χ1n) is 14.2. The van der Waals surface area contributed by atoms with Gasteiger partial charge < -0.3 is 0 Å². The van der Waals surface area contributed by atoms with E-state index in [1.165, 1.54) is 0 Å². The van der Waals surface area contributed by atoms with E-state index in [1.54, 1.807) is 13.8 Å². The number of hydrogen-bond acceptors (Lipinski definition) is 12. The summed E-state index contributed by atoms with van der Waals surface area (Å²) in [7, 11) is -5.13. The van der Waals surface area contributed by atoms with Crippen LogP contribution < -0.4 is 0 Å². The normalized spacial score (nSPS) is 42.5. The fourth-order valence-corrected chi connectivity index (χ4v) is 13.6. The molecule has 0 aliphatic carbocycles. The Labute approximate surface area is 251 Å². The molecule has 1 aromatic carbocycles. The Hall–Kier alpha value is -0.711. The van der Waals surface area contributed by atoms with Gasteiger partial charge in [-0.3, -0.25) is 0 Å². The van der Waals surface area contributed by atoms with Crippen LogP contribution in [0.2, 0.25) is 15.5 Å². The van der Waals surface area contributed by atoms with E-state index in [4.69, 9.17) is 42.1 Å². The van der Waals surface area contributed by atoms with E-state index >= 15 is 0 Å². The Bertz CT molecular complexity index is 1230. The van der Waals surface area contributed by atoms with Crippen LogP contribution in [-0.4, -0.2) is 100 Å². The van der Waals surface area contributed by atoms with E-state index in [0.717, 1.165) is 10.9 Å². The third kappa shape index (κ3) is 6.76. The molecule has 0 saturated carbocycles. The molecule has 12 nitrogen and oxygen atoms in total. The van der Waals surface area contributed by atoms with E-state index < -0.39 is 72.4 Å². The van der Waals surface area contributed by atoms with Gasteiger partial charge in [0, 0.05) is 0 Å². The molecule has 42 heavy (non-hydrogen) atoms. The predicted molar refractivity (Wildman–Crippen MR) is 146 cm³/mol. The fourth-order valence-electron chi connectivity index (χ4n) is 6.51. The summed E-state index contributed by atoms with van der Waals surface area (Å²) >= 11 is -1.74. The molecule has 0 bridgehead atoms. The molecular weight excluding hydrogens is 639 g/mol. The third-order valence-electron chi connectivity index (χ3n) is 8.05. The van der Waals surface area contributed by atoms with Crippen LogP contribution in [0.25, 0.3) is 0 Å². The first-order valence-corrected chi connectivity index (χ1v) is 19.0. The maximum absolute atomic E-state index is 12.1. The number of rotatable bonds is 7. The number of ether oxygens (including phenoxy) is 8. The van der Waals surface area contributed by atoms with E-state index in [1.807, 2.05) is 58.0 Å². The van der Waals surface area contributed by atoms with Gasteiger partial charge in [0.2, 0.25) is 0 Å². The van der Waals surface area contributed by atoms with Crippen molar-refractivity contribution < 1.29 is 55.0 Å². The van der Waals surface area contributed by atoms with Crippen LogP contribution in [0.3, 0.4) is 0 Å². The first kappa shape index (κ1) is 31.3. The van der Waals surface area contributed by atoms with Crippen LogP contribution in [-0.2, 0) is 52.5 Å². The molecule has 0 spiro atoms. The minimum atomic E-state index is -5.13. The summed E-state index contributed by atoms with van der Waals surface area (Å²) in [5.41, 5.74) is 0.747. The molecule has 5 aliphatic rings. The molecule has 236 valence electrons. The second-order valence-corrected chi connectivity index (χ2v) is 18.5. The van der Waals surface area contributed by atoms with Gasteiger partial charge in [-0.25, -0.2) is 0 Å². The second-order valence-electron chi connectivity index (χ2n) is 12.7. The summed E-state index contributed by atoms with van der Waals surface area (Å²) in [4.78, 5) is -0.0203. The molecule has 5 fully saturated rings. The Balaban J connectivity index is 1.33. The SMILES string of the molecule is CC1(C)OC[C@H]([C@H]2OC(c3ccccc3)O[C@@H](C[Se+]3C[C@H]4OC(C)(C)O[C@H]4[C@@H]3[C@H]3COC(C)(C)O3)[C@H]2OS(=O)(=O)[O-])O1. The third-order valence-corrected chi connectivity index (χ3v) is 14.5. The van der Waals surface area contributed by atoms with Crippen LogP contribution in [0.1, 0.15) is 53.4 Å². The quantitative estimate of drug-likeness (QED) is 0.238. The summed E-state index contributed by atoms with van der Waals surface area (Å²) in [6.07, 6.45) is -5.13. The zero-order valence-electron chi connectivity index (χ0n) is 24.6. The van der Waals surface area contributed by atoms with Crippen LogP contribution in [0.5, 0.6) is 0 Å². The van der Waals surface area contributed by atoms with Gasteiger partial charge in [-0.1, -0.05) is 0 Å². The monoisotopic (exact) mass is 680 g/mol. The van der Waals surface area contributed by atoms with Gasteiger partial charge in [0.05, 0.1) is 0 Å². The van der Waals surface area contributed by atoms with Crippen LogP contribution in [0.4, 0.5) is 0 Å². The molecular formula is C28H40O12SSe. The van der Waals surface area contributed by atoms with Gasteiger partial charge >= 0.3 is 252 Å². The van der Waals surface area contributed by atoms with Crippen molar-refractivity contribution in [2.75, 3.05) is 13.2 Å². The van der Waals surface area contributed by atoms with E-state index in [2.05, 4.69) is 0 Å². The summed E-state index contributed by atoms with van der Waals surface area (Å²) in [5.74, 6) is -2.38. The zero-order valence-corrected chi connectivity index (χ0v) is 27.2. The van der Waals surface area contributed by atoms with Crippen LogP contribution in [0, 0.1) is 0 Å². The molecule has 10 atom stereocenters. The molecule has 0 radical (unpaired) electrons. The molecule has 0 amide bonds. The van der Waals surface area contributed by atoms with Gasteiger partial charge in [-0.05, 0) is 0 Å². The van der Waals surface area contributed by atoms with Gasteiger partial charge in [-0.15, -0.1) is 0 Å². The Morgan fingerprint density at radius 3 is 2.05 bits per heavy atom. The van der Waals surface area contributed by atoms with Crippen molar-refractivity contribution >= 4 is 24.3 Å². The zero-order chi connectivity index (χ0) is 30.1. The molecule has 0 N–H and O–H groups in total. The Kier molecular flexibility index (Phi) is 8.39. The van der Waals surface area contributed by atoms with Crippen molar-refractivity contribution in [1.29, 1.82) is 0 Å². The van der Waals surface area contributed by atoms with Crippen LogP contribution >= 0.6 is 0 Å². The van der Waals surface area contributed by atoms with Crippen molar-refractivity contribution in [2.45, 2.75) is 123 Å². The van der Waals surface area contributed by atoms with Gasteiger partial charge in [-0.2, -0.15) is 0 Å². The second kappa shape index (κ2) is 11.3. The maximum atomic E-state index is 12.1. The summed E-state index contributed by atoms with van der Waals surface area (Å²) in [6.45, 7) is 11.6. The van der Waals surface area contributed by atoms with Gasteiger partial charge in [0.1, 0.15) is 0 Å². The van der Waals surface area contributed by atoms with Gasteiger partial charge in [0.15, 0.2) is 0 Å². The van der Waals surface area contributed by atoms with Crippen molar-refractivity contribution in [3.63, 3.8) is 0 Å².